The van der Waals surface area contributed by atoms with Crippen LogP contribution in [0.1, 0.15) is 5.89 Å². The molecule has 6 heteroatoms. The number of fused-ring (bicyclic) bond motifs is 1. The number of oxazole rings is 1. The van der Waals surface area contributed by atoms with Gasteiger partial charge in [0.1, 0.15) is 5.03 Å². The van der Waals surface area contributed by atoms with Crippen LogP contribution in [-0.2, 0) is 5.75 Å². The maximum Gasteiger partial charge on any atom is 0.205 e. The Hall–Kier alpha value is -2.37. The van der Waals surface area contributed by atoms with E-state index in [4.69, 9.17) is 16.0 Å². The number of halogens is 1. The summed E-state index contributed by atoms with van der Waals surface area (Å²) >= 11 is 7.47. The van der Waals surface area contributed by atoms with Gasteiger partial charge in [0.25, 0.3) is 0 Å². The summed E-state index contributed by atoms with van der Waals surface area (Å²) < 4.78 is 5.82. The van der Waals surface area contributed by atoms with Gasteiger partial charge in [-0.05, 0) is 24.3 Å². The van der Waals surface area contributed by atoms with Gasteiger partial charge < -0.3 is 4.42 Å². The molecule has 0 saturated carbocycles. The third-order valence-electron chi connectivity index (χ3n) is 3.55. The van der Waals surface area contributed by atoms with Crippen LogP contribution in [0.4, 0.5) is 0 Å². The first-order valence-corrected chi connectivity index (χ1v) is 8.70. The SMILES string of the molecule is Clc1ccc(-c2cnc(CSc3nncc4ccccc34)o2)cc1. The number of hydrogen-bond acceptors (Lipinski definition) is 5. The molecule has 0 atom stereocenters. The van der Waals surface area contributed by atoms with Gasteiger partial charge in [-0.3, -0.25) is 0 Å². The monoisotopic (exact) mass is 353 g/mol. The molecular formula is C18H12ClN3OS. The molecule has 24 heavy (non-hydrogen) atoms. The smallest absolute Gasteiger partial charge is 0.205 e. The lowest BCUT2D eigenvalue weighted by molar-refractivity contribution is 0.530. The summed E-state index contributed by atoms with van der Waals surface area (Å²) in [6.45, 7) is 0. The molecule has 0 aliphatic carbocycles. The molecule has 2 aromatic heterocycles. The van der Waals surface area contributed by atoms with Crippen molar-refractivity contribution in [1.82, 2.24) is 15.2 Å². The lowest BCUT2D eigenvalue weighted by Crippen LogP contribution is -1.88. The topological polar surface area (TPSA) is 51.8 Å². The molecule has 2 heterocycles. The minimum atomic E-state index is 0.594. The molecule has 0 spiro atoms. The van der Waals surface area contributed by atoms with Crippen molar-refractivity contribution in [1.29, 1.82) is 0 Å². The normalized spacial score (nSPS) is 11.0. The second kappa shape index (κ2) is 6.63. The van der Waals surface area contributed by atoms with Crippen LogP contribution >= 0.6 is 23.4 Å². The van der Waals surface area contributed by atoms with Crippen molar-refractivity contribution in [3.05, 3.63) is 71.8 Å². The van der Waals surface area contributed by atoms with Crippen LogP contribution in [0.25, 0.3) is 22.1 Å². The maximum atomic E-state index is 5.91. The van der Waals surface area contributed by atoms with Gasteiger partial charge in [-0.15, -0.1) is 5.10 Å². The zero-order valence-electron chi connectivity index (χ0n) is 12.5. The van der Waals surface area contributed by atoms with Crippen LogP contribution < -0.4 is 0 Å². The van der Waals surface area contributed by atoms with E-state index < -0.39 is 0 Å². The fourth-order valence-electron chi connectivity index (χ4n) is 2.36. The molecule has 4 aromatic rings. The van der Waals surface area contributed by atoms with Crippen LogP contribution in [0, 0.1) is 0 Å². The predicted octanol–water partition coefficient (Wildman–Crippen LogP) is 5.23. The quantitative estimate of drug-likeness (QED) is 0.470. The highest BCUT2D eigenvalue weighted by atomic mass is 35.5. The van der Waals surface area contributed by atoms with E-state index in [1.807, 2.05) is 48.5 Å². The van der Waals surface area contributed by atoms with Crippen LogP contribution in [0.5, 0.6) is 0 Å². The van der Waals surface area contributed by atoms with E-state index in [2.05, 4.69) is 15.2 Å². The Kier molecular flexibility index (Phi) is 4.19. The molecule has 0 saturated heterocycles. The molecule has 118 valence electrons. The number of rotatable bonds is 4. The summed E-state index contributed by atoms with van der Waals surface area (Å²) in [6.07, 6.45) is 3.50. The van der Waals surface area contributed by atoms with Gasteiger partial charge in [0.05, 0.1) is 18.1 Å². The molecule has 0 amide bonds. The first kappa shape index (κ1) is 15.2. The molecule has 0 aliphatic heterocycles. The lowest BCUT2D eigenvalue weighted by atomic mass is 10.2. The van der Waals surface area contributed by atoms with Crippen LogP contribution in [-0.4, -0.2) is 15.2 Å². The minimum Gasteiger partial charge on any atom is -0.440 e. The second-order valence-electron chi connectivity index (χ2n) is 5.15. The average Bonchev–Trinajstić information content (AvgIpc) is 3.09. The predicted molar refractivity (Wildman–Crippen MR) is 96.0 cm³/mol. The van der Waals surface area contributed by atoms with Crippen molar-refractivity contribution in [3.63, 3.8) is 0 Å². The van der Waals surface area contributed by atoms with Gasteiger partial charge in [-0.25, -0.2) is 4.98 Å². The van der Waals surface area contributed by atoms with E-state index >= 15 is 0 Å². The van der Waals surface area contributed by atoms with E-state index in [-0.39, 0.29) is 0 Å². The summed E-state index contributed by atoms with van der Waals surface area (Å²) in [5.74, 6) is 1.97. The Bertz CT molecular complexity index is 980. The van der Waals surface area contributed by atoms with Crippen LogP contribution in [0.3, 0.4) is 0 Å². The lowest BCUT2D eigenvalue weighted by Gasteiger charge is -2.02. The van der Waals surface area contributed by atoms with Crippen LogP contribution in [0.15, 0.2) is 70.4 Å². The molecule has 0 N–H and O–H groups in total. The van der Waals surface area contributed by atoms with Gasteiger partial charge in [0, 0.05) is 21.4 Å². The van der Waals surface area contributed by atoms with Gasteiger partial charge in [0.2, 0.25) is 5.89 Å². The van der Waals surface area contributed by atoms with Gasteiger partial charge >= 0.3 is 0 Å². The van der Waals surface area contributed by atoms with Gasteiger partial charge in [-0.1, -0.05) is 47.6 Å². The molecular weight excluding hydrogens is 342 g/mol. The average molecular weight is 354 g/mol. The Morgan fingerprint density at radius 3 is 2.71 bits per heavy atom. The van der Waals surface area contributed by atoms with E-state index in [1.54, 1.807) is 24.2 Å². The standard InChI is InChI=1S/C18H12ClN3OS/c19-14-7-5-12(6-8-14)16-10-20-17(23-16)11-24-18-15-4-2-1-3-13(15)9-21-22-18/h1-10H,11H2. The van der Waals surface area contributed by atoms with E-state index in [1.165, 1.54) is 0 Å². The van der Waals surface area contributed by atoms with Crippen molar-refractivity contribution in [3.8, 4) is 11.3 Å². The van der Waals surface area contributed by atoms with Crippen molar-refractivity contribution in [2.45, 2.75) is 10.8 Å². The highest BCUT2D eigenvalue weighted by Crippen LogP contribution is 2.29. The Balaban J connectivity index is 1.53. The van der Waals surface area contributed by atoms with Crippen molar-refractivity contribution >= 4 is 34.1 Å². The maximum absolute atomic E-state index is 5.91. The number of hydrogen-bond donors (Lipinski definition) is 0. The third-order valence-corrected chi connectivity index (χ3v) is 4.77. The van der Waals surface area contributed by atoms with E-state index in [0.717, 1.165) is 27.1 Å². The fraction of sp³-hybridized carbons (Fsp3) is 0.0556. The zero-order valence-corrected chi connectivity index (χ0v) is 14.1. The molecule has 0 bridgehead atoms. The Labute approximate surface area is 147 Å². The minimum absolute atomic E-state index is 0.594. The van der Waals surface area contributed by atoms with Crippen LogP contribution in [0.2, 0.25) is 5.02 Å². The fourth-order valence-corrected chi connectivity index (χ4v) is 3.33. The molecule has 0 unspecified atom stereocenters. The van der Waals surface area contributed by atoms with Crippen molar-refractivity contribution < 1.29 is 4.42 Å². The number of aromatic nitrogens is 3. The molecule has 2 aromatic carbocycles. The summed E-state index contributed by atoms with van der Waals surface area (Å²) in [6, 6.07) is 15.5. The van der Waals surface area contributed by atoms with Crippen molar-refractivity contribution in [2.24, 2.45) is 0 Å². The summed E-state index contributed by atoms with van der Waals surface area (Å²) in [5, 5.41) is 12.0. The molecule has 0 radical (unpaired) electrons. The summed E-state index contributed by atoms with van der Waals surface area (Å²) in [4.78, 5) is 4.34. The number of benzene rings is 2. The highest BCUT2D eigenvalue weighted by molar-refractivity contribution is 7.98. The second-order valence-corrected chi connectivity index (χ2v) is 6.55. The first-order valence-electron chi connectivity index (χ1n) is 7.33. The number of nitrogens with zero attached hydrogens (tertiary/aromatic N) is 3. The van der Waals surface area contributed by atoms with E-state index in [9.17, 15) is 0 Å². The first-order chi connectivity index (χ1) is 11.8. The van der Waals surface area contributed by atoms with Gasteiger partial charge in [-0.2, -0.15) is 5.10 Å². The Morgan fingerprint density at radius 1 is 1.00 bits per heavy atom. The van der Waals surface area contributed by atoms with Crippen molar-refractivity contribution in [2.75, 3.05) is 0 Å². The molecule has 4 rings (SSSR count). The van der Waals surface area contributed by atoms with Gasteiger partial charge in [0.15, 0.2) is 5.76 Å². The highest BCUT2D eigenvalue weighted by Gasteiger charge is 2.09. The molecule has 0 fully saturated rings. The Morgan fingerprint density at radius 2 is 1.83 bits per heavy atom. The third kappa shape index (κ3) is 3.13. The largest absolute Gasteiger partial charge is 0.440 e. The molecule has 4 nitrogen and oxygen atoms in total. The van der Waals surface area contributed by atoms with E-state index in [0.29, 0.717) is 16.7 Å². The zero-order chi connectivity index (χ0) is 16.4. The summed E-state index contributed by atoms with van der Waals surface area (Å²) in [7, 11) is 0. The number of thioether (sulfide) groups is 1. The molecule has 0 aliphatic rings. The summed E-state index contributed by atoms with van der Waals surface area (Å²) in [5.41, 5.74) is 0.952.